The van der Waals surface area contributed by atoms with Gasteiger partial charge in [-0.2, -0.15) is 0 Å². The Labute approximate surface area is 118 Å². The molecule has 0 saturated carbocycles. The second-order valence-electron chi connectivity index (χ2n) is 6.26. The molecule has 1 heterocycles. The number of likely N-dealkylation sites (tertiary alicyclic amines) is 1. The predicted octanol–water partition coefficient (Wildman–Crippen LogP) is 1.63. The molecule has 1 aliphatic heterocycles. The minimum Gasteiger partial charge on any atom is -0.394 e. The zero-order chi connectivity index (χ0) is 14.3. The lowest BCUT2D eigenvalue weighted by atomic mass is 9.96. The fourth-order valence-electron chi connectivity index (χ4n) is 2.83. The van der Waals surface area contributed by atoms with Crippen molar-refractivity contribution in [2.24, 2.45) is 0 Å². The van der Waals surface area contributed by atoms with Crippen molar-refractivity contribution in [1.82, 2.24) is 10.2 Å². The molecular weight excluding hydrogens is 240 g/mol. The van der Waals surface area contributed by atoms with Gasteiger partial charge in [-0.25, -0.2) is 0 Å². The molecule has 0 aromatic heterocycles. The summed E-state index contributed by atoms with van der Waals surface area (Å²) in [7, 11) is 0. The van der Waals surface area contributed by atoms with Crippen LogP contribution in [0.5, 0.6) is 0 Å². The van der Waals surface area contributed by atoms with Crippen LogP contribution in [0.4, 0.5) is 0 Å². The number of hydrogen-bond acceptors (Lipinski definition) is 4. The third-order valence-corrected chi connectivity index (χ3v) is 3.90. The summed E-state index contributed by atoms with van der Waals surface area (Å²) in [5.41, 5.74) is -0.162. The van der Waals surface area contributed by atoms with E-state index < -0.39 is 0 Å². The number of nitrogens with one attached hydrogen (secondary N) is 1. The van der Waals surface area contributed by atoms with Crippen molar-refractivity contribution in [3.05, 3.63) is 0 Å². The number of hydrogen-bond donors (Lipinski definition) is 2. The standard InChI is InChI=1S/C15H32N2O2/c1-5-19-14-6-9-17(10-7-14)11-8-15(4,12-18)16-13(2)3/h13-14,16,18H,5-12H2,1-4H3. The van der Waals surface area contributed by atoms with Crippen molar-refractivity contribution in [2.45, 2.75) is 64.6 Å². The molecule has 1 aliphatic rings. The fraction of sp³-hybridized carbons (Fsp3) is 1.00. The number of aliphatic hydroxyl groups is 1. The molecule has 1 unspecified atom stereocenters. The van der Waals surface area contributed by atoms with E-state index in [-0.39, 0.29) is 12.1 Å². The maximum atomic E-state index is 9.57. The molecule has 1 atom stereocenters. The summed E-state index contributed by atoms with van der Waals surface area (Å²) in [6.07, 6.45) is 3.73. The number of piperidine rings is 1. The molecule has 2 N–H and O–H groups in total. The monoisotopic (exact) mass is 272 g/mol. The Kier molecular flexibility index (Phi) is 7.29. The van der Waals surface area contributed by atoms with Crippen molar-refractivity contribution < 1.29 is 9.84 Å². The van der Waals surface area contributed by atoms with E-state index in [2.05, 4.69) is 37.9 Å². The van der Waals surface area contributed by atoms with E-state index in [4.69, 9.17) is 4.74 Å². The third kappa shape index (κ3) is 6.21. The molecule has 4 nitrogen and oxygen atoms in total. The lowest BCUT2D eigenvalue weighted by molar-refractivity contribution is 0.0115. The largest absolute Gasteiger partial charge is 0.394 e. The van der Waals surface area contributed by atoms with Crippen LogP contribution in [-0.2, 0) is 4.74 Å². The van der Waals surface area contributed by atoms with Crippen LogP contribution >= 0.6 is 0 Å². The van der Waals surface area contributed by atoms with E-state index in [0.29, 0.717) is 12.1 Å². The zero-order valence-electron chi connectivity index (χ0n) is 13.1. The quantitative estimate of drug-likeness (QED) is 0.705. The Balaban J connectivity index is 2.28. The molecule has 114 valence electrons. The van der Waals surface area contributed by atoms with Crippen LogP contribution in [0.1, 0.15) is 47.0 Å². The maximum Gasteiger partial charge on any atom is 0.0611 e. The lowest BCUT2D eigenvalue weighted by Gasteiger charge is -2.36. The average molecular weight is 272 g/mol. The summed E-state index contributed by atoms with van der Waals surface area (Å²) in [5, 5.41) is 13.0. The van der Waals surface area contributed by atoms with Crippen molar-refractivity contribution >= 4 is 0 Å². The molecule has 0 bridgehead atoms. The van der Waals surface area contributed by atoms with Gasteiger partial charge in [0.05, 0.1) is 12.7 Å². The number of nitrogens with zero attached hydrogens (tertiary/aromatic N) is 1. The molecule has 1 saturated heterocycles. The molecule has 0 aromatic rings. The molecule has 1 rings (SSSR count). The molecule has 4 heteroatoms. The summed E-state index contributed by atoms with van der Waals surface area (Å²) in [4.78, 5) is 2.49. The van der Waals surface area contributed by atoms with Gasteiger partial charge in [-0.05, 0) is 39.7 Å². The highest BCUT2D eigenvalue weighted by molar-refractivity contribution is 4.86. The van der Waals surface area contributed by atoms with Crippen LogP contribution in [-0.4, -0.2) is 60.5 Å². The summed E-state index contributed by atoms with van der Waals surface area (Å²) in [6, 6.07) is 0.404. The Morgan fingerprint density at radius 3 is 2.47 bits per heavy atom. The first kappa shape index (κ1) is 16.9. The van der Waals surface area contributed by atoms with E-state index in [1.807, 2.05) is 0 Å². The second-order valence-corrected chi connectivity index (χ2v) is 6.26. The Bertz CT molecular complexity index is 240. The average Bonchev–Trinajstić information content (AvgIpc) is 2.38. The van der Waals surface area contributed by atoms with Crippen molar-refractivity contribution in [3.63, 3.8) is 0 Å². The van der Waals surface area contributed by atoms with E-state index in [1.54, 1.807) is 0 Å². The Morgan fingerprint density at radius 1 is 1.37 bits per heavy atom. The Morgan fingerprint density at radius 2 is 2.00 bits per heavy atom. The first-order valence-corrected chi connectivity index (χ1v) is 7.71. The van der Waals surface area contributed by atoms with Crippen LogP contribution in [0.2, 0.25) is 0 Å². The van der Waals surface area contributed by atoms with E-state index in [1.165, 1.54) is 0 Å². The molecule has 0 spiro atoms. The third-order valence-electron chi connectivity index (χ3n) is 3.90. The van der Waals surface area contributed by atoms with Crippen molar-refractivity contribution in [2.75, 3.05) is 32.8 Å². The van der Waals surface area contributed by atoms with E-state index >= 15 is 0 Å². The molecule has 0 amide bonds. The second kappa shape index (κ2) is 8.20. The predicted molar refractivity (Wildman–Crippen MR) is 79.5 cm³/mol. The van der Waals surface area contributed by atoms with Gasteiger partial charge in [0.15, 0.2) is 0 Å². The van der Waals surface area contributed by atoms with Crippen LogP contribution in [0, 0.1) is 0 Å². The highest BCUT2D eigenvalue weighted by Gasteiger charge is 2.26. The van der Waals surface area contributed by atoms with Crippen molar-refractivity contribution in [1.29, 1.82) is 0 Å². The van der Waals surface area contributed by atoms with Gasteiger partial charge in [-0.3, -0.25) is 0 Å². The lowest BCUT2D eigenvalue weighted by Crippen LogP contribution is -2.51. The number of ether oxygens (including phenoxy) is 1. The minimum absolute atomic E-state index is 0.162. The maximum absolute atomic E-state index is 9.57. The van der Waals surface area contributed by atoms with Gasteiger partial charge in [0.1, 0.15) is 0 Å². The van der Waals surface area contributed by atoms with Gasteiger partial charge < -0.3 is 20.1 Å². The zero-order valence-corrected chi connectivity index (χ0v) is 13.1. The van der Waals surface area contributed by atoms with Crippen LogP contribution in [0.3, 0.4) is 0 Å². The molecule has 19 heavy (non-hydrogen) atoms. The molecule has 0 aromatic carbocycles. The number of aliphatic hydroxyl groups excluding tert-OH is 1. The van der Waals surface area contributed by atoms with Gasteiger partial charge in [-0.1, -0.05) is 13.8 Å². The van der Waals surface area contributed by atoms with Crippen LogP contribution in [0.15, 0.2) is 0 Å². The first-order valence-electron chi connectivity index (χ1n) is 7.71. The van der Waals surface area contributed by atoms with Crippen LogP contribution < -0.4 is 5.32 Å². The summed E-state index contributed by atoms with van der Waals surface area (Å²) in [6.45, 7) is 12.7. The van der Waals surface area contributed by atoms with Gasteiger partial charge in [0, 0.05) is 31.3 Å². The molecule has 1 fully saturated rings. The normalized spacial score (nSPS) is 21.8. The molecular formula is C15H32N2O2. The SMILES string of the molecule is CCOC1CCN(CCC(C)(CO)NC(C)C)CC1. The van der Waals surface area contributed by atoms with E-state index in [9.17, 15) is 5.11 Å². The summed E-state index contributed by atoms with van der Waals surface area (Å²) in [5.74, 6) is 0. The van der Waals surface area contributed by atoms with Gasteiger partial charge in [-0.15, -0.1) is 0 Å². The fourth-order valence-corrected chi connectivity index (χ4v) is 2.83. The highest BCUT2D eigenvalue weighted by atomic mass is 16.5. The number of rotatable bonds is 8. The first-order chi connectivity index (χ1) is 8.99. The molecule has 0 aliphatic carbocycles. The van der Waals surface area contributed by atoms with Gasteiger partial charge in [0.2, 0.25) is 0 Å². The minimum atomic E-state index is -0.162. The highest BCUT2D eigenvalue weighted by Crippen LogP contribution is 2.17. The van der Waals surface area contributed by atoms with Crippen LogP contribution in [0.25, 0.3) is 0 Å². The van der Waals surface area contributed by atoms with Gasteiger partial charge >= 0.3 is 0 Å². The Hall–Kier alpha value is -0.160. The van der Waals surface area contributed by atoms with E-state index in [0.717, 1.165) is 45.5 Å². The molecule has 0 radical (unpaired) electrons. The smallest absolute Gasteiger partial charge is 0.0611 e. The summed E-state index contributed by atoms with van der Waals surface area (Å²) >= 11 is 0. The summed E-state index contributed by atoms with van der Waals surface area (Å²) < 4.78 is 5.67. The van der Waals surface area contributed by atoms with Crippen molar-refractivity contribution in [3.8, 4) is 0 Å². The van der Waals surface area contributed by atoms with Gasteiger partial charge in [0.25, 0.3) is 0 Å². The topological polar surface area (TPSA) is 44.7 Å².